The molecule has 12 heteroatoms. The van der Waals surface area contributed by atoms with Gasteiger partial charge in [0.25, 0.3) is 11.8 Å². The predicted molar refractivity (Wildman–Crippen MR) is 148 cm³/mol. The summed E-state index contributed by atoms with van der Waals surface area (Å²) in [7, 11) is 2.95. The van der Waals surface area contributed by atoms with Crippen LogP contribution >= 0.6 is 0 Å². The zero-order valence-corrected chi connectivity index (χ0v) is 23.5. The Bertz CT molecular complexity index is 1810. The van der Waals surface area contributed by atoms with Crippen molar-refractivity contribution in [1.29, 1.82) is 5.26 Å². The number of rotatable bonds is 6. The molecule has 0 atom stereocenters. The minimum absolute atomic E-state index is 0.0313. The number of hydrogen-bond donors (Lipinski definition) is 1. The Balaban J connectivity index is 1.81. The van der Waals surface area contributed by atoms with Crippen molar-refractivity contribution in [3.05, 3.63) is 76.7 Å². The summed E-state index contributed by atoms with van der Waals surface area (Å²) in [4.78, 5) is 31.1. The van der Waals surface area contributed by atoms with Gasteiger partial charge in [0, 0.05) is 53.8 Å². The molecule has 0 saturated heterocycles. The van der Waals surface area contributed by atoms with Gasteiger partial charge in [-0.1, -0.05) is 0 Å². The number of carbonyl (C=O) groups excluding carboxylic acids is 2. The SMILES string of the molecule is COc1cc2c(cc1-c1cncc(C(N)=O)c1C)-c1c(c(C(=O)N(C)C(C)(C)C#N)nn1-c1cc(F)cc(F)c1)CO2. The summed E-state index contributed by atoms with van der Waals surface area (Å²) in [6, 6.07) is 8.36. The number of aromatic nitrogens is 3. The lowest BCUT2D eigenvalue weighted by molar-refractivity contribution is 0.0688. The molecule has 0 bridgehead atoms. The molecule has 0 aliphatic carbocycles. The van der Waals surface area contributed by atoms with E-state index in [1.54, 1.807) is 39.1 Å². The summed E-state index contributed by atoms with van der Waals surface area (Å²) in [5.41, 5.74) is 7.37. The van der Waals surface area contributed by atoms with E-state index in [1.807, 2.05) is 0 Å². The highest BCUT2D eigenvalue weighted by molar-refractivity contribution is 5.98. The van der Waals surface area contributed by atoms with Crippen LogP contribution in [-0.2, 0) is 6.61 Å². The van der Waals surface area contributed by atoms with Crippen LogP contribution < -0.4 is 15.2 Å². The minimum atomic E-state index is -1.18. The molecule has 5 rings (SSSR count). The Hall–Kier alpha value is -5.31. The number of nitriles is 1. The number of pyridine rings is 1. The largest absolute Gasteiger partial charge is 0.496 e. The van der Waals surface area contributed by atoms with Gasteiger partial charge in [-0.25, -0.2) is 13.5 Å². The van der Waals surface area contributed by atoms with Gasteiger partial charge in [0.15, 0.2) is 5.69 Å². The molecular weight excluding hydrogens is 546 g/mol. The second kappa shape index (κ2) is 10.3. The Labute approximate surface area is 239 Å². The number of hydrogen-bond acceptors (Lipinski definition) is 7. The van der Waals surface area contributed by atoms with Crippen LogP contribution in [0.3, 0.4) is 0 Å². The number of amides is 2. The van der Waals surface area contributed by atoms with Crippen LogP contribution in [0.4, 0.5) is 8.78 Å². The van der Waals surface area contributed by atoms with E-state index in [1.165, 1.54) is 29.9 Å². The first-order valence-electron chi connectivity index (χ1n) is 12.8. The molecule has 0 unspecified atom stereocenters. The fraction of sp³-hybridized carbons (Fsp3) is 0.233. The van der Waals surface area contributed by atoms with Gasteiger partial charge in [-0.3, -0.25) is 14.6 Å². The normalized spacial score (nSPS) is 12.0. The van der Waals surface area contributed by atoms with Crippen molar-refractivity contribution >= 4 is 11.8 Å². The number of carbonyl (C=O) groups is 2. The van der Waals surface area contributed by atoms with E-state index in [9.17, 15) is 23.6 Å². The summed E-state index contributed by atoms with van der Waals surface area (Å²) in [6.45, 7) is 4.79. The van der Waals surface area contributed by atoms with Crippen molar-refractivity contribution in [2.24, 2.45) is 5.73 Å². The zero-order valence-electron chi connectivity index (χ0n) is 23.5. The molecule has 1 aliphatic heterocycles. The third-order valence-electron chi connectivity index (χ3n) is 7.39. The predicted octanol–water partition coefficient (Wildman–Crippen LogP) is 4.56. The zero-order chi connectivity index (χ0) is 30.5. The number of halogens is 2. The lowest BCUT2D eigenvalue weighted by Gasteiger charge is -2.29. The molecule has 0 radical (unpaired) electrons. The van der Waals surface area contributed by atoms with E-state index < -0.39 is 29.0 Å². The minimum Gasteiger partial charge on any atom is -0.496 e. The van der Waals surface area contributed by atoms with Crippen LogP contribution in [0.15, 0.2) is 42.7 Å². The smallest absolute Gasteiger partial charge is 0.275 e. The highest BCUT2D eigenvalue weighted by Gasteiger charge is 2.36. The Morgan fingerprint density at radius 3 is 2.43 bits per heavy atom. The number of nitrogens with two attached hydrogens (primary N) is 1. The van der Waals surface area contributed by atoms with Crippen LogP contribution in [-0.4, -0.2) is 51.2 Å². The molecule has 4 aromatic rings. The second-order valence-corrected chi connectivity index (χ2v) is 10.3. The van der Waals surface area contributed by atoms with Crippen LogP contribution in [0.2, 0.25) is 0 Å². The number of benzene rings is 2. The van der Waals surface area contributed by atoms with Crippen molar-refractivity contribution in [3.63, 3.8) is 0 Å². The highest BCUT2D eigenvalue weighted by atomic mass is 19.1. The standard InChI is InChI=1S/C30H26F2N6O4/c1-15-21(11-35-12-22(15)28(34)39)19-9-20-25(10-24(19)41-5)42-13-23-26(29(40)37(4)30(2,3)14-33)36-38(27(20)23)18-7-16(31)6-17(32)8-18/h6-12H,13H2,1-5H3,(H2,34,39). The molecule has 2 aromatic heterocycles. The van der Waals surface area contributed by atoms with Crippen LogP contribution in [0.1, 0.15) is 45.8 Å². The fourth-order valence-electron chi connectivity index (χ4n) is 4.81. The van der Waals surface area contributed by atoms with Crippen LogP contribution in [0.25, 0.3) is 28.1 Å². The van der Waals surface area contributed by atoms with Gasteiger partial charge in [-0.05, 0) is 44.5 Å². The van der Waals surface area contributed by atoms with E-state index in [4.69, 9.17) is 15.2 Å². The topological polar surface area (TPSA) is 136 Å². The Morgan fingerprint density at radius 2 is 1.81 bits per heavy atom. The van der Waals surface area contributed by atoms with Gasteiger partial charge in [0.2, 0.25) is 0 Å². The molecule has 42 heavy (non-hydrogen) atoms. The van der Waals surface area contributed by atoms with Crippen molar-refractivity contribution in [1.82, 2.24) is 19.7 Å². The van der Waals surface area contributed by atoms with Crippen molar-refractivity contribution < 1.29 is 27.8 Å². The maximum atomic E-state index is 14.4. The number of primary amides is 1. The summed E-state index contributed by atoms with van der Waals surface area (Å²) >= 11 is 0. The molecule has 0 spiro atoms. The van der Waals surface area contributed by atoms with E-state index in [0.717, 1.165) is 18.2 Å². The van der Waals surface area contributed by atoms with Gasteiger partial charge in [0.1, 0.15) is 35.3 Å². The molecule has 2 N–H and O–H groups in total. The first kappa shape index (κ1) is 28.2. The first-order valence-corrected chi connectivity index (χ1v) is 12.8. The van der Waals surface area contributed by atoms with Gasteiger partial charge >= 0.3 is 0 Å². The summed E-state index contributed by atoms with van der Waals surface area (Å²) in [6.07, 6.45) is 2.93. The summed E-state index contributed by atoms with van der Waals surface area (Å²) in [5, 5.41) is 14.1. The average molecular weight is 573 g/mol. The maximum absolute atomic E-state index is 14.4. The van der Waals surface area contributed by atoms with Crippen molar-refractivity contribution in [2.45, 2.75) is 32.9 Å². The highest BCUT2D eigenvalue weighted by Crippen LogP contribution is 2.46. The maximum Gasteiger partial charge on any atom is 0.275 e. The van der Waals surface area contributed by atoms with Crippen molar-refractivity contribution in [3.8, 4) is 45.6 Å². The van der Waals surface area contributed by atoms with E-state index in [2.05, 4.69) is 16.2 Å². The molecule has 0 saturated carbocycles. The van der Waals surface area contributed by atoms with E-state index in [-0.39, 0.29) is 23.6 Å². The molecule has 3 heterocycles. The van der Waals surface area contributed by atoms with E-state index in [0.29, 0.717) is 45.0 Å². The molecule has 214 valence electrons. The third-order valence-corrected chi connectivity index (χ3v) is 7.39. The van der Waals surface area contributed by atoms with Gasteiger partial charge in [-0.15, -0.1) is 0 Å². The third kappa shape index (κ3) is 4.58. The average Bonchev–Trinajstić information content (AvgIpc) is 3.35. The fourth-order valence-corrected chi connectivity index (χ4v) is 4.81. The molecule has 0 fully saturated rings. The lowest BCUT2D eigenvalue weighted by atomic mass is 9.93. The number of methoxy groups -OCH3 is 1. The summed E-state index contributed by atoms with van der Waals surface area (Å²) in [5.74, 6) is -2.14. The molecule has 2 aromatic carbocycles. The quantitative estimate of drug-likeness (QED) is 0.358. The van der Waals surface area contributed by atoms with E-state index >= 15 is 0 Å². The second-order valence-electron chi connectivity index (χ2n) is 10.3. The van der Waals surface area contributed by atoms with Gasteiger partial charge in [-0.2, -0.15) is 10.4 Å². The molecular formula is C30H26F2N6O4. The van der Waals surface area contributed by atoms with Gasteiger partial charge < -0.3 is 20.1 Å². The number of ether oxygens (including phenoxy) is 2. The van der Waals surface area contributed by atoms with Crippen molar-refractivity contribution in [2.75, 3.05) is 14.2 Å². The Morgan fingerprint density at radius 1 is 1.12 bits per heavy atom. The molecule has 10 nitrogen and oxygen atoms in total. The first-order chi connectivity index (χ1) is 19.9. The number of fused-ring (bicyclic) bond motifs is 3. The lowest BCUT2D eigenvalue weighted by Crippen LogP contribution is -2.44. The Kier molecular flexibility index (Phi) is 6.90. The number of nitrogens with zero attached hydrogens (tertiary/aromatic N) is 5. The summed E-state index contributed by atoms with van der Waals surface area (Å²) < 4.78 is 41.8. The van der Waals surface area contributed by atoms with Crippen LogP contribution in [0.5, 0.6) is 11.5 Å². The molecule has 2 amide bonds. The van der Waals surface area contributed by atoms with Gasteiger partial charge in [0.05, 0.1) is 30.1 Å². The van der Waals surface area contributed by atoms with Crippen LogP contribution in [0, 0.1) is 29.9 Å². The monoisotopic (exact) mass is 572 g/mol. The molecule has 1 aliphatic rings.